The molecule has 0 amide bonds. The highest BCUT2D eigenvalue weighted by molar-refractivity contribution is 5.82. The summed E-state index contributed by atoms with van der Waals surface area (Å²) < 4.78 is 0. The van der Waals surface area contributed by atoms with Gasteiger partial charge in [-0.1, -0.05) is 12.2 Å². The predicted octanol–water partition coefficient (Wildman–Crippen LogP) is -0.435. The van der Waals surface area contributed by atoms with Gasteiger partial charge in [-0.3, -0.25) is 9.59 Å². The molecule has 0 spiro atoms. The van der Waals surface area contributed by atoms with Crippen molar-refractivity contribution < 1.29 is 24.9 Å². The molecule has 14 heavy (non-hydrogen) atoms. The summed E-state index contributed by atoms with van der Waals surface area (Å²) in [5.74, 6) is -5.35. The number of aliphatic hydroxyl groups is 1. The molecule has 2 bridgehead atoms. The second kappa shape index (κ2) is 2.81. The van der Waals surface area contributed by atoms with E-state index in [2.05, 4.69) is 0 Å². The fraction of sp³-hybridized carbons (Fsp3) is 0.556. The number of fused-ring (bicyclic) bond motifs is 2. The Morgan fingerprint density at radius 1 is 0.929 bits per heavy atom. The van der Waals surface area contributed by atoms with Crippen molar-refractivity contribution >= 4 is 11.9 Å². The summed E-state index contributed by atoms with van der Waals surface area (Å²) in [7, 11) is 0. The smallest absolute Gasteiger partial charge is 0.308 e. The Hall–Kier alpha value is -1.36. The fourth-order valence-electron chi connectivity index (χ4n) is 2.52. The second-order valence-corrected chi connectivity index (χ2v) is 3.76. The first-order chi connectivity index (χ1) is 6.54. The van der Waals surface area contributed by atoms with E-state index in [-0.39, 0.29) is 0 Å². The van der Waals surface area contributed by atoms with Crippen LogP contribution in [0.2, 0.25) is 0 Å². The molecule has 0 aromatic rings. The van der Waals surface area contributed by atoms with Crippen LogP contribution in [-0.2, 0) is 9.59 Å². The van der Waals surface area contributed by atoms with Crippen molar-refractivity contribution in [2.45, 2.75) is 6.10 Å². The third kappa shape index (κ3) is 0.988. The van der Waals surface area contributed by atoms with Crippen LogP contribution in [0.15, 0.2) is 12.2 Å². The zero-order valence-corrected chi connectivity index (χ0v) is 7.20. The van der Waals surface area contributed by atoms with E-state index in [1.54, 1.807) is 12.2 Å². The SMILES string of the molecule is O=C(O)[C@@H]1C2C=CC(C2O)[C@@H]1C(=O)O. The van der Waals surface area contributed by atoms with Crippen molar-refractivity contribution in [1.82, 2.24) is 0 Å². The maximum absolute atomic E-state index is 10.8. The number of hydrogen-bond acceptors (Lipinski definition) is 3. The zero-order valence-electron chi connectivity index (χ0n) is 7.20. The van der Waals surface area contributed by atoms with E-state index < -0.39 is 41.7 Å². The Labute approximate surface area is 79.7 Å². The second-order valence-electron chi connectivity index (χ2n) is 3.76. The van der Waals surface area contributed by atoms with Gasteiger partial charge < -0.3 is 15.3 Å². The molecule has 1 saturated carbocycles. The lowest BCUT2D eigenvalue weighted by molar-refractivity contribution is -0.154. The first kappa shape index (κ1) is 9.21. The number of aliphatic hydroxyl groups excluding tert-OH is 1. The first-order valence-electron chi connectivity index (χ1n) is 4.36. The van der Waals surface area contributed by atoms with Gasteiger partial charge in [-0.25, -0.2) is 0 Å². The van der Waals surface area contributed by atoms with Crippen LogP contribution >= 0.6 is 0 Å². The normalized spacial score (nSPS) is 44.2. The number of aliphatic carboxylic acids is 2. The molecule has 0 saturated heterocycles. The Bertz CT molecular complexity index is 291. The molecule has 3 unspecified atom stereocenters. The molecule has 0 radical (unpaired) electrons. The molecule has 76 valence electrons. The van der Waals surface area contributed by atoms with Crippen LogP contribution in [-0.4, -0.2) is 33.4 Å². The Balaban J connectivity index is 2.36. The predicted molar refractivity (Wildman–Crippen MR) is 44.4 cm³/mol. The molecule has 5 heteroatoms. The number of carbonyl (C=O) groups is 2. The summed E-state index contributed by atoms with van der Waals surface area (Å²) in [6.07, 6.45) is 2.36. The van der Waals surface area contributed by atoms with E-state index >= 15 is 0 Å². The summed E-state index contributed by atoms with van der Waals surface area (Å²) in [5, 5.41) is 27.3. The summed E-state index contributed by atoms with van der Waals surface area (Å²) >= 11 is 0. The van der Waals surface area contributed by atoms with Gasteiger partial charge in [0.25, 0.3) is 0 Å². The van der Waals surface area contributed by atoms with E-state index in [0.29, 0.717) is 0 Å². The third-order valence-corrected chi connectivity index (χ3v) is 3.13. The van der Waals surface area contributed by atoms with Gasteiger partial charge in [0.15, 0.2) is 0 Å². The Morgan fingerprint density at radius 2 is 1.29 bits per heavy atom. The van der Waals surface area contributed by atoms with Gasteiger partial charge in [0.1, 0.15) is 0 Å². The molecule has 5 atom stereocenters. The molecule has 1 fully saturated rings. The molecule has 3 N–H and O–H groups in total. The molecule has 5 nitrogen and oxygen atoms in total. The van der Waals surface area contributed by atoms with Crippen molar-refractivity contribution in [3.63, 3.8) is 0 Å². The van der Waals surface area contributed by atoms with Crippen LogP contribution < -0.4 is 0 Å². The Morgan fingerprint density at radius 3 is 1.57 bits per heavy atom. The fourth-order valence-corrected chi connectivity index (χ4v) is 2.52. The van der Waals surface area contributed by atoms with E-state index in [1.165, 1.54) is 0 Å². The van der Waals surface area contributed by atoms with Crippen molar-refractivity contribution in [2.75, 3.05) is 0 Å². The minimum Gasteiger partial charge on any atom is -0.481 e. The standard InChI is InChI=1S/C9H10O5/c10-7-3-1-2-4(7)6(9(13)14)5(3)8(11)12/h1-7,10H,(H,11,12)(H,13,14)/t3?,4?,5-,6+,7?. The summed E-state index contributed by atoms with van der Waals surface area (Å²) in [6.45, 7) is 0. The van der Waals surface area contributed by atoms with Gasteiger partial charge in [-0.15, -0.1) is 0 Å². The van der Waals surface area contributed by atoms with Crippen molar-refractivity contribution in [3.8, 4) is 0 Å². The maximum atomic E-state index is 10.8. The number of hydrogen-bond donors (Lipinski definition) is 3. The van der Waals surface area contributed by atoms with Crippen molar-refractivity contribution in [3.05, 3.63) is 12.2 Å². The monoisotopic (exact) mass is 198 g/mol. The maximum Gasteiger partial charge on any atom is 0.308 e. The van der Waals surface area contributed by atoms with Crippen LogP contribution in [0, 0.1) is 23.7 Å². The molecule has 0 aliphatic heterocycles. The summed E-state index contributed by atoms with van der Waals surface area (Å²) in [6, 6.07) is 0. The first-order valence-corrected chi connectivity index (χ1v) is 4.36. The number of carboxylic acids is 2. The molecule has 2 aliphatic carbocycles. The lowest BCUT2D eigenvalue weighted by atomic mass is 9.83. The topological polar surface area (TPSA) is 94.8 Å². The number of carboxylic acid groups (broad SMARTS) is 2. The van der Waals surface area contributed by atoms with E-state index in [9.17, 15) is 14.7 Å². The highest BCUT2D eigenvalue weighted by Gasteiger charge is 2.57. The van der Waals surface area contributed by atoms with Gasteiger partial charge in [0.2, 0.25) is 0 Å². The summed E-state index contributed by atoms with van der Waals surface area (Å²) in [5.41, 5.74) is 0. The van der Waals surface area contributed by atoms with Crippen LogP contribution in [0.5, 0.6) is 0 Å². The lowest BCUT2D eigenvalue weighted by Gasteiger charge is -2.19. The van der Waals surface area contributed by atoms with Gasteiger partial charge in [-0.2, -0.15) is 0 Å². The average molecular weight is 198 g/mol. The highest BCUT2D eigenvalue weighted by atomic mass is 16.4. The minimum absolute atomic E-state index is 0.543. The molecular weight excluding hydrogens is 188 g/mol. The Kier molecular flexibility index (Phi) is 1.85. The van der Waals surface area contributed by atoms with Crippen LogP contribution in [0.1, 0.15) is 0 Å². The van der Waals surface area contributed by atoms with Crippen LogP contribution in [0.4, 0.5) is 0 Å². The zero-order chi connectivity index (χ0) is 10.5. The molecular formula is C9H10O5. The van der Waals surface area contributed by atoms with E-state index in [1.807, 2.05) is 0 Å². The lowest BCUT2D eigenvalue weighted by Crippen LogP contribution is -2.32. The molecule has 0 heterocycles. The van der Waals surface area contributed by atoms with Crippen molar-refractivity contribution in [2.24, 2.45) is 23.7 Å². The van der Waals surface area contributed by atoms with E-state index in [0.717, 1.165) is 0 Å². The van der Waals surface area contributed by atoms with Crippen LogP contribution in [0.3, 0.4) is 0 Å². The largest absolute Gasteiger partial charge is 0.481 e. The quantitative estimate of drug-likeness (QED) is 0.523. The van der Waals surface area contributed by atoms with Gasteiger partial charge in [-0.05, 0) is 0 Å². The molecule has 2 aliphatic rings. The molecule has 0 aromatic carbocycles. The van der Waals surface area contributed by atoms with Crippen LogP contribution in [0.25, 0.3) is 0 Å². The van der Waals surface area contributed by atoms with Crippen molar-refractivity contribution in [1.29, 1.82) is 0 Å². The van der Waals surface area contributed by atoms with Gasteiger partial charge >= 0.3 is 11.9 Å². The highest BCUT2D eigenvalue weighted by Crippen LogP contribution is 2.48. The number of rotatable bonds is 2. The molecule has 0 aromatic heterocycles. The average Bonchev–Trinajstić information content (AvgIpc) is 2.58. The van der Waals surface area contributed by atoms with E-state index in [4.69, 9.17) is 10.2 Å². The third-order valence-electron chi connectivity index (χ3n) is 3.13. The summed E-state index contributed by atoms with van der Waals surface area (Å²) in [4.78, 5) is 21.7. The minimum atomic E-state index is -1.15. The van der Waals surface area contributed by atoms with Gasteiger partial charge in [0, 0.05) is 11.8 Å². The molecule has 2 rings (SSSR count). The van der Waals surface area contributed by atoms with Gasteiger partial charge in [0.05, 0.1) is 17.9 Å².